The number of aromatic nitrogens is 2. The summed E-state index contributed by atoms with van der Waals surface area (Å²) in [5.41, 5.74) is 2.58. The normalized spacial score (nSPS) is 9.89. The van der Waals surface area contributed by atoms with Gasteiger partial charge < -0.3 is 10.4 Å². The third-order valence-electron chi connectivity index (χ3n) is 2.47. The third-order valence-corrected chi connectivity index (χ3v) is 3.23. The summed E-state index contributed by atoms with van der Waals surface area (Å²) < 4.78 is 4.02. The van der Waals surface area contributed by atoms with Crippen molar-refractivity contribution in [3.8, 4) is 22.9 Å². The first-order valence-corrected chi connectivity index (χ1v) is 6.24. The van der Waals surface area contributed by atoms with E-state index in [4.69, 9.17) is 11.5 Å². The van der Waals surface area contributed by atoms with Gasteiger partial charge in [0, 0.05) is 11.3 Å². The molecular weight excluding hydrogens is 262 g/mol. The molecule has 1 heterocycles. The van der Waals surface area contributed by atoms with Gasteiger partial charge in [0.25, 0.3) is 0 Å². The maximum absolute atomic E-state index is 10.6. The number of aliphatic carboxylic acids is 1. The summed E-state index contributed by atoms with van der Waals surface area (Å²) in [6.07, 6.45) is 5.23. The number of anilines is 1. The van der Waals surface area contributed by atoms with Gasteiger partial charge in [0.05, 0.1) is 0 Å². The minimum absolute atomic E-state index is 0.129. The molecule has 0 spiro atoms. The first-order chi connectivity index (χ1) is 9.10. The van der Waals surface area contributed by atoms with Gasteiger partial charge in [-0.3, -0.25) is 4.79 Å². The second-order valence-corrected chi connectivity index (χ2v) is 4.60. The van der Waals surface area contributed by atoms with Gasteiger partial charge in [-0.25, -0.2) is 4.98 Å². The van der Waals surface area contributed by atoms with Gasteiger partial charge in [-0.1, -0.05) is 12.1 Å². The second kappa shape index (κ2) is 5.50. The number of hydrogen-bond donors (Lipinski definition) is 2. The van der Waals surface area contributed by atoms with Gasteiger partial charge in [0.1, 0.15) is 11.6 Å². The van der Waals surface area contributed by atoms with Crippen LogP contribution in [0.15, 0.2) is 18.2 Å². The zero-order chi connectivity index (χ0) is 13.8. The van der Waals surface area contributed by atoms with Gasteiger partial charge in [-0.15, -0.1) is 6.42 Å². The predicted octanol–water partition coefficient (Wildman–Crippen LogP) is 1.99. The molecule has 0 amide bonds. The maximum atomic E-state index is 10.6. The highest BCUT2D eigenvalue weighted by Gasteiger charge is 2.08. The molecule has 1 aromatic carbocycles. The van der Waals surface area contributed by atoms with Crippen LogP contribution in [0.1, 0.15) is 11.4 Å². The molecule has 2 N–H and O–H groups in total. The van der Waals surface area contributed by atoms with E-state index in [2.05, 4.69) is 20.6 Å². The Labute approximate surface area is 114 Å². The Morgan fingerprint density at radius 2 is 2.37 bits per heavy atom. The van der Waals surface area contributed by atoms with Gasteiger partial charge in [0.2, 0.25) is 5.82 Å². The van der Waals surface area contributed by atoms with Gasteiger partial charge in [-0.2, -0.15) is 4.37 Å². The van der Waals surface area contributed by atoms with Crippen LogP contribution < -0.4 is 5.32 Å². The lowest BCUT2D eigenvalue weighted by atomic mass is 10.1. The van der Waals surface area contributed by atoms with Crippen LogP contribution in [0.5, 0.6) is 0 Å². The van der Waals surface area contributed by atoms with Crippen molar-refractivity contribution in [2.24, 2.45) is 0 Å². The number of nitrogens with one attached hydrogen (secondary N) is 1. The number of terminal acetylenes is 1. The van der Waals surface area contributed by atoms with Gasteiger partial charge in [-0.05, 0) is 36.0 Å². The molecule has 1 aromatic heterocycles. The Morgan fingerprint density at radius 3 is 3.00 bits per heavy atom. The maximum Gasteiger partial charge on any atom is 0.322 e. The molecule has 2 aromatic rings. The van der Waals surface area contributed by atoms with Crippen molar-refractivity contribution < 1.29 is 9.90 Å². The first kappa shape index (κ1) is 13.1. The average Bonchev–Trinajstić information content (AvgIpc) is 2.86. The monoisotopic (exact) mass is 273 g/mol. The number of carboxylic acid groups (broad SMARTS) is 1. The van der Waals surface area contributed by atoms with E-state index in [1.54, 1.807) is 0 Å². The first-order valence-electron chi connectivity index (χ1n) is 5.47. The Bertz CT molecular complexity index is 658. The smallest absolute Gasteiger partial charge is 0.322 e. The molecule has 0 unspecified atom stereocenters. The second-order valence-electron chi connectivity index (χ2n) is 3.84. The highest BCUT2D eigenvalue weighted by atomic mass is 32.1. The summed E-state index contributed by atoms with van der Waals surface area (Å²) in [4.78, 5) is 14.8. The highest BCUT2D eigenvalue weighted by Crippen LogP contribution is 2.26. The van der Waals surface area contributed by atoms with E-state index in [-0.39, 0.29) is 6.54 Å². The number of nitrogens with zero attached hydrogens (tertiary/aromatic N) is 2. The number of carbonyl (C=O) groups is 1. The van der Waals surface area contributed by atoms with E-state index >= 15 is 0 Å². The fourth-order valence-electron chi connectivity index (χ4n) is 1.52. The lowest BCUT2D eigenvalue weighted by Crippen LogP contribution is -2.13. The van der Waals surface area contributed by atoms with E-state index in [0.717, 1.165) is 16.8 Å². The SMILES string of the molecule is C#Cc1nsc(-c2ccc(C)c(NCC(=O)O)c2)n1. The van der Waals surface area contributed by atoms with Crippen LogP contribution >= 0.6 is 11.5 Å². The van der Waals surface area contributed by atoms with Crippen LogP contribution in [-0.2, 0) is 4.79 Å². The standard InChI is InChI=1S/C13H11N3O2S/c1-3-11-15-13(19-16-11)9-5-4-8(2)10(6-9)14-7-12(17)18/h1,4-6,14H,7H2,2H3,(H,17,18). The van der Waals surface area contributed by atoms with E-state index in [9.17, 15) is 4.79 Å². The summed E-state index contributed by atoms with van der Waals surface area (Å²) >= 11 is 1.22. The van der Waals surface area contributed by atoms with Crippen LogP contribution in [0.3, 0.4) is 0 Å². The number of rotatable bonds is 4. The van der Waals surface area contributed by atoms with Crippen LogP contribution in [0.25, 0.3) is 10.6 Å². The molecule has 0 atom stereocenters. The van der Waals surface area contributed by atoms with Crippen molar-refractivity contribution >= 4 is 23.2 Å². The Hall–Kier alpha value is -2.39. The molecule has 0 saturated carbocycles. The van der Waals surface area contributed by atoms with E-state index in [1.165, 1.54) is 11.5 Å². The van der Waals surface area contributed by atoms with Gasteiger partial charge >= 0.3 is 5.97 Å². The average molecular weight is 273 g/mol. The highest BCUT2D eigenvalue weighted by molar-refractivity contribution is 7.09. The van der Waals surface area contributed by atoms with Gasteiger partial charge in [0.15, 0.2) is 0 Å². The van der Waals surface area contributed by atoms with Crippen LogP contribution in [0, 0.1) is 19.3 Å². The summed E-state index contributed by atoms with van der Waals surface area (Å²) in [5, 5.41) is 12.3. The third kappa shape index (κ3) is 3.09. The zero-order valence-corrected chi connectivity index (χ0v) is 11.0. The van der Waals surface area contributed by atoms with Crippen LogP contribution in [-0.4, -0.2) is 27.0 Å². The fraction of sp³-hybridized carbons (Fsp3) is 0.154. The number of aryl methyl sites for hydroxylation is 1. The lowest BCUT2D eigenvalue weighted by molar-refractivity contribution is -0.134. The molecule has 0 radical (unpaired) electrons. The minimum atomic E-state index is -0.907. The molecule has 2 rings (SSSR count). The molecule has 6 heteroatoms. The van der Waals surface area contributed by atoms with E-state index in [0.29, 0.717) is 10.8 Å². The van der Waals surface area contributed by atoms with Crippen molar-refractivity contribution in [3.05, 3.63) is 29.6 Å². The topological polar surface area (TPSA) is 75.1 Å². The molecular formula is C13H11N3O2S. The molecule has 5 nitrogen and oxygen atoms in total. The van der Waals surface area contributed by atoms with Crippen molar-refractivity contribution in [3.63, 3.8) is 0 Å². The lowest BCUT2D eigenvalue weighted by Gasteiger charge is -2.08. The fourth-order valence-corrected chi connectivity index (χ4v) is 2.14. The molecule has 0 aliphatic rings. The summed E-state index contributed by atoms with van der Waals surface area (Å²) in [6, 6.07) is 5.65. The van der Waals surface area contributed by atoms with E-state index < -0.39 is 5.97 Å². The number of carboxylic acids is 1. The predicted molar refractivity (Wildman–Crippen MR) is 74.1 cm³/mol. The molecule has 0 aliphatic carbocycles. The van der Waals surface area contributed by atoms with Crippen LogP contribution in [0.2, 0.25) is 0 Å². The van der Waals surface area contributed by atoms with Crippen molar-refractivity contribution in [2.45, 2.75) is 6.92 Å². The molecule has 0 fully saturated rings. The minimum Gasteiger partial charge on any atom is -0.480 e. The molecule has 19 heavy (non-hydrogen) atoms. The zero-order valence-electron chi connectivity index (χ0n) is 10.2. The summed E-state index contributed by atoms with van der Waals surface area (Å²) in [5.74, 6) is 1.83. The number of hydrogen-bond acceptors (Lipinski definition) is 5. The van der Waals surface area contributed by atoms with Crippen LogP contribution in [0.4, 0.5) is 5.69 Å². The van der Waals surface area contributed by atoms with Crippen molar-refractivity contribution in [1.29, 1.82) is 0 Å². The Balaban J connectivity index is 2.30. The number of benzene rings is 1. The molecule has 0 saturated heterocycles. The summed E-state index contributed by atoms with van der Waals surface area (Å²) in [7, 11) is 0. The molecule has 0 aliphatic heterocycles. The summed E-state index contributed by atoms with van der Waals surface area (Å²) in [6.45, 7) is 1.77. The Kier molecular flexibility index (Phi) is 3.78. The quantitative estimate of drug-likeness (QED) is 0.833. The Morgan fingerprint density at radius 1 is 1.58 bits per heavy atom. The van der Waals surface area contributed by atoms with E-state index in [1.807, 2.05) is 25.1 Å². The molecule has 96 valence electrons. The van der Waals surface area contributed by atoms with Crippen molar-refractivity contribution in [1.82, 2.24) is 9.36 Å². The molecule has 0 bridgehead atoms. The largest absolute Gasteiger partial charge is 0.480 e. The van der Waals surface area contributed by atoms with Crippen molar-refractivity contribution in [2.75, 3.05) is 11.9 Å².